The topological polar surface area (TPSA) is 53.1 Å². The summed E-state index contributed by atoms with van der Waals surface area (Å²) in [4.78, 5) is 1.09. The summed E-state index contributed by atoms with van der Waals surface area (Å²) in [7, 11) is 0. The van der Waals surface area contributed by atoms with Gasteiger partial charge in [-0.25, -0.2) is 4.68 Å². The molecule has 0 fully saturated rings. The Morgan fingerprint density at radius 3 is 2.79 bits per heavy atom. The summed E-state index contributed by atoms with van der Waals surface area (Å²) in [5.41, 5.74) is 7.48. The summed E-state index contributed by atoms with van der Waals surface area (Å²) < 4.78 is 7.83. The van der Waals surface area contributed by atoms with Crippen molar-refractivity contribution in [2.45, 2.75) is 31.7 Å². The van der Waals surface area contributed by atoms with Crippen LogP contribution in [0.4, 0.5) is 5.69 Å². The number of nitrogens with two attached hydrogens (primary N) is 1. The third-order valence-corrected chi connectivity index (χ3v) is 3.61. The van der Waals surface area contributed by atoms with E-state index in [1.807, 2.05) is 42.1 Å². The van der Waals surface area contributed by atoms with Crippen LogP contribution in [-0.4, -0.2) is 16.0 Å². The van der Waals surface area contributed by atoms with Crippen molar-refractivity contribution in [3.8, 4) is 11.6 Å². The van der Waals surface area contributed by atoms with E-state index in [9.17, 15) is 0 Å². The van der Waals surface area contributed by atoms with Crippen molar-refractivity contribution in [3.63, 3.8) is 0 Å². The summed E-state index contributed by atoms with van der Waals surface area (Å²) in [5, 5.41) is 4.41. The lowest BCUT2D eigenvalue weighted by Gasteiger charge is -2.11. The van der Waals surface area contributed by atoms with Gasteiger partial charge < -0.3 is 10.5 Å². The first kappa shape index (κ1) is 13.8. The molecule has 0 atom stereocenters. The molecule has 5 heteroatoms. The molecule has 2 aromatic rings. The minimum Gasteiger partial charge on any atom is -0.436 e. The van der Waals surface area contributed by atoms with Crippen molar-refractivity contribution in [3.05, 3.63) is 30.0 Å². The van der Waals surface area contributed by atoms with Gasteiger partial charge in [0, 0.05) is 11.4 Å². The maximum Gasteiger partial charge on any atom is 0.241 e. The first-order chi connectivity index (χ1) is 9.17. The number of aromatic nitrogens is 2. The van der Waals surface area contributed by atoms with Gasteiger partial charge in [-0.2, -0.15) is 5.10 Å². The van der Waals surface area contributed by atoms with Gasteiger partial charge in [0.1, 0.15) is 11.4 Å². The van der Waals surface area contributed by atoms with Crippen LogP contribution in [0.15, 0.2) is 29.2 Å². The Hall–Kier alpha value is -1.62. The van der Waals surface area contributed by atoms with E-state index in [2.05, 4.69) is 12.0 Å². The minimum atomic E-state index is 0.615. The highest BCUT2D eigenvalue weighted by Crippen LogP contribution is 2.35. The number of ether oxygens (including phenoxy) is 1. The summed E-state index contributed by atoms with van der Waals surface area (Å²) >= 11 is 1.65. The van der Waals surface area contributed by atoms with Crippen molar-refractivity contribution in [1.29, 1.82) is 0 Å². The Labute approximate surface area is 117 Å². The van der Waals surface area contributed by atoms with Crippen LogP contribution in [-0.2, 0) is 6.54 Å². The van der Waals surface area contributed by atoms with Crippen LogP contribution < -0.4 is 10.5 Å². The summed E-state index contributed by atoms with van der Waals surface area (Å²) in [6.07, 6.45) is 3.02. The first-order valence-electron chi connectivity index (χ1n) is 6.31. The molecule has 1 heterocycles. The summed E-state index contributed by atoms with van der Waals surface area (Å²) in [5.74, 6) is 1.46. The van der Waals surface area contributed by atoms with Gasteiger partial charge in [0.25, 0.3) is 0 Å². The van der Waals surface area contributed by atoms with E-state index in [0.717, 1.165) is 29.3 Å². The highest BCUT2D eigenvalue weighted by molar-refractivity contribution is 7.98. The lowest BCUT2D eigenvalue weighted by atomic mass is 10.3. The van der Waals surface area contributed by atoms with Crippen molar-refractivity contribution in [2.75, 3.05) is 12.0 Å². The Bertz CT molecular complexity index is 566. The highest BCUT2D eigenvalue weighted by Gasteiger charge is 2.15. The molecule has 4 nitrogen and oxygen atoms in total. The van der Waals surface area contributed by atoms with E-state index < -0.39 is 0 Å². The van der Waals surface area contributed by atoms with E-state index in [-0.39, 0.29) is 0 Å². The van der Waals surface area contributed by atoms with Gasteiger partial charge in [-0.3, -0.25) is 0 Å². The van der Waals surface area contributed by atoms with Gasteiger partial charge in [-0.1, -0.05) is 19.1 Å². The molecule has 0 radical (unpaired) electrons. The summed E-state index contributed by atoms with van der Waals surface area (Å²) in [6.45, 7) is 4.80. The van der Waals surface area contributed by atoms with Crippen molar-refractivity contribution in [1.82, 2.24) is 9.78 Å². The van der Waals surface area contributed by atoms with E-state index in [1.54, 1.807) is 11.8 Å². The molecule has 2 N–H and O–H groups in total. The number of benzene rings is 1. The predicted octanol–water partition coefficient (Wildman–Crippen LogP) is 3.70. The standard InChI is InChI=1S/C14H19N3OS/c1-4-9-17-14(13(15)10(2)16-17)18-11-7-5-6-8-12(11)19-3/h5-8H,4,9,15H2,1-3H3. The second kappa shape index (κ2) is 6.02. The molecule has 0 saturated heterocycles. The third kappa shape index (κ3) is 2.87. The molecule has 0 aliphatic carbocycles. The van der Waals surface area contributed by atoms with Crippen LogP contribution in [0, 0.1) is 6.92 Å². The molecule has 1 aromatic carbocycles. The fraction of sp³-hybridized carbons (Fsp3) is 0.357. The molecule has 0 unspecified atom stereocenters. The number of anilines is 1. The van der Waals surface area contributed by atoms with Gasteiger partial charge in [-0.15, -0.1) is 11.8 Å². The Morgan fingerprint density at radius 1 is 1.37 bits per heavy atom. The van der Waals surface area contributed by atoms with E-state index in [0.29, 0.717) is 11.6 Å². The van der Waals surface area contributed by atoms with Crippen LogP contribution >= 0.6 is 11.8 Å². The van der Waals surface area contributed by atoms with Gasteiger partial charge >= 0.3 is 0 Å². The molecule has 102 valence electrons. The average molecular weight is 277 g/mol. The first-order valence-corrected chi connectivity index (χ1v) is 7.53. The normalized spacial score (nSPS) is 10.7. The van der Waals surface area contributed by atoms with Gasteiger partial charge in [0.05, 0.1) is 5.69 Å². The fourth-order valence-electron chi connectivity index (χ4n) is 1.85. The zero-order valence-electron chi connectivity index (χ0n) is 11.5. The third-order valence-electron chi connectivity index (χ3n) is 2.84. The van der Waals surface area contributed by atoms with Crippen LogP contribution in [0.5, 0.6) is 11.6 Å². The molecule has 0 aliphatic heterocycles. The van der Waals surface area contributed by atoms with E-state index in [1.165, 1.54) is 0 Å². The molecule has 0 bridgehead atoms. The van der Waals surface area contributed by atoms with Crippen LogP contribution in [0.1, 0.15) is 19.0 Å². The zero-order chi connectivity index (χ0) is 13.8. The zero-order valence-corrected chi connectivity index (χ0v) is 12.3. The number of para-hydroxylation sites is 1. The number of nitrogens with zero attached hydrogens (tertiary/aromatic N) is 2. The van der Waals surface area contributed by atoms with Crippen LogP contribution in [0.25, 0.3) is 0 Å². The molecule has 19 heavy (non-hydrogen) atoms. The highest BCUT2D eigenvalue weighted by atomic mass is 32.2. The second-order valence-electron chi connectivity index (χ2n) is 4.28. The Balaban J connectivity index is 2.37. The molecule has 0 amide bonds. The number of nitrogen functional groups attached to an aromatic ring is 1. The molecule has 1 aromatic heterocycles. The Morgan fingerprint density at radius 2 is 2.11 bits per heavy atom. The number of rotatable bonds is 5. The molecule has 0 saturated carbocycles. The lowest BCUT2D eigenvalue weighted by Crippen LogP contribution is -2.03. The van der Waals surface area contributed by atoms with Gasteiger partial charge in [-0.05, 0) is 31.7 Å². The van der Waals surface area contributed by atoms with Crippen LogP contribution in [0.2, 0.25) is 0 Å². The number of aryl methyl sites for hydroxylation is 2. The molecule has 0 spiro atoms. The van der Waals surface area contributed by atoms with E-state index in [4.69, 9.17) is 10.5 Å². The fourth-order valence-corrected chi connectivity index (χ4v) is 2.38. The number of thioether (sulfide) groups is 1. The molecule has 0 aliphatic rings. The smallest absolute Gasteiger partial charge is 0.241 e. The molecular weight excluding hydrogens is 258 g/mol. The van der Waals surface area contributed by atoms with E-state index >= 15 is 0 Å². The second-order valence-corrected chi connectivity index (χ2v) is 5.13. The van der Waals surface area contributed by atoms with Crippen LogP contribution in [0.3, 0.4) is 0 Å². The maximum absolute atomic E-state index is 6.06. The monoisotopic (exact) mass is 277 g/mol. The number of hydrogen-bond acceptors (Lipinski definition) is 4. The van der Waals surface area contributed by atoms with Crippen molar-refractivity contribution >= 4 is 17.4 Å². The SMILES string of the molecule is CCCn1nc(C)c(N)c1Oc1ccccc1SC. The quantitative estimate of drug-likeness (QED) is 0.847. The predicted molar refractivity (Wildman–Crippen MR) is 80.0 cm³/mol. The van der Waals surface area contributed by atoms with Gasteiger partial charge in [0.15, 0.2) is 0 Å². The maximum atomic E-state index is 6.06. The summed E-state index contributed by atoms with van der Waals surface area (Å²) in [6, 6.07) is 7.93. The van der Waals surface area contributed by atoms with Gasteiger partial charge in [0.2, 0.25) is 5.88 Å². The number of hydrogen-bond donors (Lipinski definition) is 1. The average Bonchev–Trinajstić information content (AvgIpc) is 2.68. The van der Waals surface area contributed by atoms with Crippen molar-refractivity contribution in [2.24, 2.45) is 0 Å². The minimum absolute atomic E-state index is 0.615. The molecular formula is C14H19N3OS. The largest absolute Gasteiger partial charge is 0.436 e. The van der Waals surface area contributed by atoms with Crippen molar-refractivity contribution < 1.29 is 4.74 Å². The lowest BCUT2D eigenvalue weighted by molar-refractivity contribution is 0.403. The molecule has 2 rings (SSSR count). The Kier molecular flexibility index (Phi) is 4.37.